The Morgan fingerprint density at radius 1 is 0.557 bits per heavy atom. The number of nitrogens with two attached hydrogens (primary N) is 1. The monoisotopic (exact) mass is 1140 g/mol. The molecule has 34 heteroatoms. The summed E-state index contributed by atoms with van der Waals surface area (Å²) in [7, 11) is 0. The second kappa shape index (κ2) is 33.6. The Hall–Kier alpha value is -6.76. The highest BCUT2D eigenvalue weighted by Gasteiger charge is 2.53. The lowest BCUT2D eigenvalue weighted by Crippen LogP contribution is -2.70. The molecule has 19 N–H and O–H groups in total. The number of aliphatic hydroxyl groups excluding tert-OH is 5. The Labute approximate surface area is 452 Å². The number of carboxylic acids is 2. The molecule has 0 aliphatic carbocycles. The fourth-order valence-corrected chi connectivity index (χ4v) is 7.62. The zero-order valence-corrected chi connectivity index (χ0v) is 44.3. The quantitative estimate of drug-likeness (QED) is 0.0278. The molecule has 2 heterocycles. The van der Waals surface area contributed by atoms with Crippen LogP contribution >= 0.6 is 0 Å². The highest BCUT2D eigenvalue weighted by Crippen LogP contribution is 2.31. The summed E-state index contributed by atoms with van der Waals surface area (Å²) in [4.78, 5) is 149. The molecule has 2 saturated heterocycles. The van der Waals surface area contributed by atoms with E-state index in [1.54, 1.807) is 0 Å². The third-order valence-corrected chi connectivity index (χ3v) is 12.0. The van der Waals surface area contributed by atoms with Gasteiger partial charge < -0.3 is 114 Å². The van der Waals surface area contributed by atoms with Gasteiger partial charge in [0.25, 0.3) is 0 Å². The first-order chi connectivity index (χ1) is 37.0. The smallest absolute Gasteiger partial charge is 0.326 e. The molecule has 0 radical (unpaired) electrons. The molecule has 0 saturated carbocycles. The second-order valence-electron chi connectivity index (χ2n) is 18.4. The maximum Gasteiger partial charge on any atom is 0.326 e. The van der Waals surface area contributed by atoms with Crippen LogP contribution in [0.4, 0.5) is 0 Å². The zero-order valence-electron chi connectivity index (χ0n) is 44.3. The van der Waals surface area contributed by atoms with Crippen molar-refractivity contribution in [1.29, 1.82) is 0 Å². The van der Waals surface area contributed by atoms with Gasteiger partial charge in [-0.15, -0.1) is 0 Å². The molecule has 16 unspecified atom stereocenters. The standard InChI is InChI=1S/C45H75N11O23/c1-18(38(67)52-20(3)42(71)72)51-41(70)24(9-7-8-12-47-30(63)14-49-31(64)15-48-29(62)13-46)55-28(61)11-10-25(43(73)74)56-39(68)19(2)50-40(69)21(4)76-37-33(54-23(6)60)44(75)77-27(17-58)36(37)79-45-32(53-22(5)59)35(66)34(65)26(16-57)78-45/h18-21,24-27,32-37,44-45,57-58,65-66,75H,7-17,46H2,1-6H3,(H,47,63)(H,48,62)(H,49,64)(H,50,69)(H,51,70)(H,52,67)(H,53,59)(H,54,60)(H,55,61)(H,56,68)(H,71,72)(H,73,74). The molecule has 79 heavy (non-hydrogen) atoms. The molecule has 16 atom stereocenters. The average molecular weight is 1140 g/mol. The van der Waals surface area contributed by atoms with Crippen molar-refractivity contribution in [3.8, 4) is 0 Å². The van der Waals surface area contributed by atoms with Crippen LogP contribution in [-0.4, -0.2) is 244 Å². The van der Waals surface area contributed by atoms with E-state index in [9.17, 15) is 88.2 Å². The third-order valence-electron chi connectivity index (χ3n) is 12.0. The van der Waals surface area contributed by atoms with Crippen molar-refractivity contribution >= 4 is 71.0 Å². The minimum absolute atomic E-state index is 0.0302. The van der Waals surface area contributed by atoms with Gasteiger partial charge in [-0.2, -0.15) is 0 Å². The van der Waals surface area contributed by atoms with E-state index >= 15 is 0 Å². The van der Waals surface area contributed by atoms with Gasteiger partial charge in [-0.1, -0.05) is 0 Å². The lowest BCUT2D eigenvalue weighted by atomic mass is 9.94. The number of hydrogen-bond acceptors (Lipinski definition) is 22. The minimum atomic E-state index is -1.93. The Bertz CT molecular complexity index is 2140. The Morgan fingerprint density at radius 3 is 1.66 bits per heavy atom. The van der Waals surface area contributed by atoms with Gasteiger partial charge in [0.2, 0.25) is 59.1 Å². The normalized spacial score (nSPS) is 24.9. The van der Waals surface area contributed by atoms with Gasteiger partial charge in [0.15, 0.2) is 12.6 Å². The third kappa shape index (κ3) is 22.9. The topological polar surface area (TPSA) is 530 Å². The molecular formula is C45H75N11O23. The Morgan fingerprint density at radius 2 is 1.10 bits per heavy atom. The fourth-order valence-electron chi connectivity index (χ4n) is 7.62. The van der Waals surface area contributed by atoms with E-state index in [0.29, 0.717) is 0 Å². The number of nitrogens with one attached hydrogen (secondary N) is 10. The van der Waals surface area contributed by atoms with E-state index in [0.717, 1.165) is 27.7 Å². The SMILES string of the molecule is CC(=O)NC1C(OC2C(CO)OC(O)C(NC(C)=O)C2OC(C)C(=O)NC(C)C(=O)NC(CCC(=O)NC(CCCCNC(=O)CNC(=O)CNC(=O)CN)C(=O)NC(C)C(=O)NC(C)C(=O)O)C(=O)O)OC(CO)C(O)C1O. The summed E-state index contributed by atoms with van der Waals surface area (Å²) in [5.74, 6) is -11.1. The van der Waals surface area contributed by atoms with Gasteiger partial charge in [-0.05, 0) is 53.4 Å². The molecule has 0 bridgehead atoms. The van der Waals surface area contributed by atoms with E-state index in [1.165, 1.54) is 13.8 Å². The number of hydrogen-bond donors (Lipinski definition) is 18. The summed E-state index contributed by atoms with van der Waals surface area (Å²) in [5.41, 5.74) is 5.15. The molecule has 0 aromatic carbocycles. The highest BCUT2D eigenvalue weighted by atomic mass is 16.7. The zero-order chi connectivity index (χ0) is 59.8. The van der Waals surface area contributed by atoms with Gasteiger partial charge in [0, 0.05) is 26.8 Å². The van der Waals surface area contributed by atoms with Gasteiger partial charge >= 0.3 is 11.9 Å². The summed E-state index contributed by atoms with van der Waals surface area (Å²) < 4.78 is 23.2. The number of rotatable bonds is 32. The van der Waals surface area contributed by atoms with Crippen LogP contribution in [0.2, 0.25) is 0 Å². The van der Waals surface area contributed by atoms with Crippen molar-refractivity contribution in [3.05, 3.63) is 0 Å². The summed E-state index contributed by atoms with van der Waals surface area (Å²) in [6, 6.07) is -10.4. The van der Waals surface area contributed by atoms with Crippen LogP contribution in [-0.2, 0) is 76.5 Å². The van der Waals surface area contributed by atoms with Crippen molar-refractivity contribution in [2.45, 2.75) is 171 Å². The number of unbranched alkanes of at least 4 members (excludes halogenated alkanes) is 1. The average Bonchev–Trinajstić information content (AvgIpc) is 3.38. The van der Waals surface area contributed by atoms with Crippen LogP contribution in [0, 0.1) is 0 Å². The molecular weight excluding hydrogens is 1060 g/mol. The number of amides is 10. The fraction of sp³-hybridized carbons (Fsp3) is 0.733. The van der Waals surface area contributed by atoms with Gasteiger partial charge in [0.1, 0.15) is 85.0 Å². The van der Waals surface area contributed by atoms with Crippen molar-refractivity contribution in [2.75, 3.05) is 39.4 Å². The lowest BCUT2D eigenvalue weighted by Gasteiger charge is -2.48. The molecule has 0 spiro atoms. The van der Waals surface area contributed by atoms with Crippen LogP contribution in [0.3, 0.4) is 0 Å². The molecule has 10 amide bonds. The van der Waals surface area contributed by atoms with E-state index in [2.05, 4.69) is 53.2 Å². The molecule has 2 rings (SSSR count). The van der Waals surface area contributed by atoms with Crippen molar-refractivity contribution in [1.82, 2.24) is 53.2 Å². The Kier molecular flexibility index (Phi) is 29.1. The number of carbonyl (C=O) groups is 12. The number of carboxylic acid groups (broad SMARTS) is 2. The van der Waals surface area contributed by atoms with Crippen LogP contribution in [0.15, 0.2) is 0 Å². The molecule has 34 nitrogen and oxygen atoms in total. The van der Waals surface area contributed by atoms with Crippen LogP contribution in [0.5, 0.6) is 0 Å². The van der Waals surface area contributed by atoms with Crippen molar-refractivity contribution in [2.24, 2.45) is 5.73 Å². The first-order valence-corrected chi connectivity index (χ1v) is 24.9. The van der Waals surface area contributed by atoms with Crippen molar-refractivity contribution in [3.63, 3.8) is 0 Å². The van der Waals surface area contributed by atoms with Crippen molar-refractivity contribution < 1.29 is 112 Å². The Balaban J connectivity index is 2.17. The van der Waals surface area contributed by atoms with Gasteiger partial charge in [-0.25, -0.2) is 4.79 Å². The summed E-state index contributed by atoms with van der Waals surface area (Å²) in [6.07, 6.45) is -16.1. The van der Waals surface area contributed by atoms with Crippen LogP contribution in [0.25, 0.3) is 0 Å². The molecule has 2 fully saturated rings. The van der Waals surface area contributed by atoms with E-state index in [1.807, 2.05) is 0 Å². The molecule has 0 aromatic rings. The molecule has 2 aliphatic heterocycles. The van der Waals surface area contributed by atoms with Crippen LogP contribution < -0.4 is 58.9 Å². The predicted octanol–water partition coefficient (Wildman–Crippen LogP) is -9.79. The summed E-state index contributed by atoms with van der Waals surface area (Å²) in [5, 5.41) is 94.8. The predicted molar refractivity (Wildman–Crippen MR) is 263 cm³/mol. The molecule has 0 aromatic heterocycles. The largest absolute Gasteiger partial charge is 0.480 e. The van der Waals surface area contributed by atoms with E-state index in [-0.39, 0.29) is 32.4 Å². The summed E-state index contributed by atoms with van der Waals surface area (Å²) >= 11 is 0. The molecule has 2 aliphatic rings. The van der Waals surface area contributed by atoms with Crippen LogP contribution in [0.1, 0.15) is 73.6 Å². The van der Waals surface area contributed by atoms with E-state index < -0.39 is 208 Å². The maximum absolute atomic E-state index is 13.6. The number of ether oxygens (including phenoxy) is 4. The highest BCUT2D eigenvalue weighted by molar-refractivity contribution is 5.94. The van der Waals surface area contributed by atoms with E-state index in [4.69, 9.17) is 29.8 Å². The first-order valence-electron chi connectivity index (χ1n) is 24.9. The first kappa shape index (κ1) is 68.3. The van der Waals surface area contributed by atoms with Gasteiger partial charge in [0.05, 0.1) is 32.8 Å². The molecule has 448 valence electrons. The minimum Gasteiger partial charge on any atom is -0.480 e. The number of carbonyl (C=O) groups excluding carboxylic acids is 10. The van der Waals surface area contributed by atoms with Gasteiger partial charge in [-0.3, -0.25) is 52.7 Å². The summed E-state index contributed by atoms with van der Waals surface area (Å²) in [6.45, 7) is 3.96. The maximum atomic E-state index is 13.6. The second-order valence-corrected chi connectivity index (χ2v) is 18.4. The number of aliphatic hydroxyl groups is 5. The number of aliphatic carboxylic acids is 2. The lowest BCUT2D eigenvalue weighted by molar-refractivity contribution is -0.333.